The van der Waals surface area contributed by atoms with Gasteiger partial charge in [0.25, 0.3) is 0 Å². The molecule has 4 nitrogen and oxygen atoms in total. The van der Waals surface area contributed by atoms with E-state index in [0.717, 1.165) is 0 Å². The minimum atomic E-state index is -1.27. The molecular formula is C9H7AgO4. The zero-order valence-corrected chi connectivity index (χ0v) is 8.73. The molecule has 0 aliphatic rings. The van der Waals surface area contributed by atoms with Gasteiger partial charge in [-0.25, -0.2) is 4.79 Å². The molecule has 0 atom stereocenters. The van der Waals surface area contributed by atoms with Crippen molar-refractivity contribution in [3.05, 3.63) is 35.4 Å². The summed E-state index contributed by atoms with van der Waals surface area (Å²) in [6, 6.07) is 5.33. The Labute approximate surface area is 96.4 Å². The molecule has 0 aliphatic carbocycles. The van der Waals surface area contributed by atoms with E-state index in [9.17, 15) is 14.7 Å². The quantitative estimate of drug-likeness (QED) is 0.559. The molecule has 1 aromatic rings. The van der Waals surface area contributed by atoms with Gasteiger partial charge in [-0.05, 0) is 17.7 Å². The standard InChI is InChI=1S/C9H8O4.Ag/c1-13-9(12)7-4-2-6(3-5-7)8(10)11;/h2-5H,1H3,(H,10,11);/q;+1/p-1. The topological polar surface area (TPSA) is 66.4 Å². The molecule has 1 aromatic carbocycles. The second-order valence-corrected chi connectivity index (χ2v) is 2.36. The molecule has 0 spiro atoms. The fraction of sp³-hybridized carbons (Fsp3) is 0.111. The molecule has 0 N–H and O–H groups in total. The maximum atomic E-state index is 10.9. The summed E-state index contributed by atoms with van der Waals surface area (Å²) < 4.78 is 4.43. The SMILES string of the molecule is COC(=O)c1ccc(C(=O)[O-])cc1.[Ag+]. The first-order valence-corrected chi connectivity index (χ1v) is 3.55. The maximum Gasteiger partial charge on any atom is 1.00 e. The fourth-order valence-corrected chi connectivity index (χ4v) is 0.860. The van der Waals surface area contributed by atoms with Crippen LogP contribution in [0, 0.1) is 0 Å². The van der Waals surface area contributed by atoms with Gasteiger partial charge < -0.3 is 14.6 Å². The molecular weight excluding hydrogens is 280 g/mol. The van der Waals surface area contributed by atoms with Gasteiger partial charge in [-0.3, -0.25) is 0 Å². The average molecular weight is 287 g/mol. The second kappa shape index (κ2) is 5.59. The summed E-state index contributed by atoms with van der Waals surface area (Å²) in [5.41, 5.74) is 0.347. The molecule has 1 rings (SSSR count). The van der Waals surface area contributed by atoms with Gasteiger partial charge >= 0.3 is 28.3 Å². The van der Waals surface area contributed by atoms with Crippen molar-refractivity contribution in [1.82, 2.24) is 0 Å². The van der Waals surface area contributed by atoms with E-state index in [0.29, 0.717) is 5.56 Å². The normalized spacial score (nSPS) is 8.64. The number of carboxylic acids is 1. The average Bonchev–Trinajstić information content (AvgIpc) is 2.17. The van der Waals surface area contributed by atoms with Crippen LogP contribution in [0.3, 0.4) is 0 Å². The van der Waals surface area contributed by atoms with Crippen LogP contribution in [0.15, 0.2) is 24.3 Å². The minimum absolute atomic E-state index is 0. The van der Waals surface area contributed by atoms with Crippen LogP contribution in [0.25, 0.3) is 0 Å². The summed E-state index contributed by atoms with van der Waals surface area (Å²) in [5.74, 6) is -1.76. The summed E-state index contributed by atoms with van der Waals surface area (Å²) in [4.78, 5) is 21.2. The van der Waals surface area contributed by atoms with Crippen molar-refractivity contribution in [3.8, 4) is 0 Å². The van der Waals surface area contributed by atoms with Crippen LogP contribution in [-0.2, 0) is 27.1 Å². The third-order valence-electron chi connectivity index (χ3n) is 1.54. The van der Waals surface area contributed by atoms with Gasteiger partial charge in [0.1, 0.15) is 0 Å². The van der Waals surface area contributed by atoms with Gasteiger partial charge in [0, 0.05) is 0 Å². The van der Waals surface area contributed by atoms with Gasteiger partial charge in [-0.2, -0.15) is 0 Å². The fourth-order valence-electron chi connectivity index (χ4n) is 0.860. The number of esters is 1. The van der Waals surface area contributed by atoms with E-state index in [-0.39, 0.29) is 27.9 Å². The van der Waals surface area contributed by atoms with Gasteiger partial charge in [-0.15, -0.1) is 0 Å². The van der Waals surface area contributed by atoms with E-state index < -0.39 is 11.9 Å². The van der Waals surface area contributed by atoms with Crippen LogP contribution in [0.5, 0.6) is 0 Å². The van der Waals surface area contributed by atoms with Crippen molar-refractivity contribution in [2.75, 3.05) is 7.11 Å². The first kappa shape index (κ1) is 12.9. The molecule has 0 bridgehead atoms. The molecule has 0 fully saturated rings. The summed E-state index contributed by atoms with van der Waals surface area (Å²) in [6.07, 6.45) is 0. The van der Waals surface area contributed by atoms with Gasteiger partial charge in [0.15, 0.2) is 0 Å². The minimum Gasteiger partial charge on any atom is -0.545 e. The Balaban J connectivity index is 0.00000169. The third kappa shape index (κ3) is 2.99. The first-order valence-electron chi connectivity index (χ1n) is 3.55. The van der Waals surface area contributed by atoms with E-state index in [2.05, 4.69) is 4.74 Å². The van der Waals surface area contributed by atoms with Crippen LogP contribution < -0.4 is 5.11 Å². The Hall–Kier alpha value is -1.10. The molecule has 0 aromatic heterocycles. The predicted octanol–water partition coefficient (Wildman–Crippen LogP) is -0.166. The number of carboxylic acid groups (broad SMARTS) is 1. The summed E-state index contributed by atoms with van der Waals surface area (Å²) in [5, 5.41) is 10.3. The van der Waals surface area contributed by atoms with Crippen LogP contribution >= 0.6 is 0 Å². The van der Waals surface area contributed by atoms with Gasteiger partial charge in [-0.1, -0.05) is 12.1 Å². The Kier molecular flexibility index (Phi) is 5.15. The van der Waals surface area contributed by atoms with E-state index in [1.165, 1.54) is 31.4 Å². The van der Waals surface area contributed by atoms with Crippen molar-refractivity contribution in [2.45, 2.75) is 0 Å². The van der Waals surface area contributed by atoms with E-state index in [4.69, 9.17) is 0 Å². The van der Waals surface area contributed by atoms with Crippen molar-refractivity contribution < 1.29 is 41.8 Å². The van der Waals surface area contributed by atoms with Crippen LogP contribution in [0.1, 0.15) is 20.7 Å². The number of aromatic carboxylic acids is 1. The number of methoxy groups -OCH3 is 1. The third-order valence-corrected chi connectivity index (χ3v) is 1.54. The molecule has 0 aliphatic heterocycles. The summed E-state index contributed by atoms with van der Waals surface area (Å²) in [6.45, 7) is 0. The number of carbonyl (C=O) groups excluding carboxylic acids is 2. The Morgan fingerprint density at radius 1 is 1.14 bits per heavy atom. The van der Waals surface area contributed by atoms with E-state index >= 15 is 0 Å². The number of carbonyl (C=O) groups is 2. The number of rotatable bonds is 2. The molecule has 0 saturated carbocycles. The summed E-state index contributed by atoms with van der Waals surface area (Å²) in [7, 11) is 1.26. The van der Waals surface area contributed by atoms with Gasteiger partial charge in [0.2, 0.25) is 0 Å². The predicted molar refractivity (Wildman–Crippen MR) is 42.1 cm³/mol. The zero-order chi connectivity index (χ0) is 9.84. The largest absolute Gasteiger partial charge is 1.00 e. The molecule has 0 heterocycles. The zero-order valence-electron chi connectivity index (χ0n) is 7.24. The molecule has 0 saturated heterocycles. The van der Waals surface area contributed by atoms with Crippen LogP contribution in [0.2, 0.25) is 0 Å². The molecule has 5 heteroatoms. The molecule has 0 amide bonds. The number of ether oxygens (including phenoxy) is 1. The summed E-state index contributed by atoms with van der Waals surface area (Å²) >= 11 is 0. The van der Waals surface area contributed by atoms with E-state index in [1.807, 2.05) is 0 Å². The first-order chi connectivity index (χ1) is 6.15. The van der Waals surface area contributed by atoms with Crippen LogP contribution in [-0.4, -0.2) is 19.0 Å². The molecule has 0 radical (unpaired) electrons. The van der Waals surface area contributed by atoms with Crippen LogP contribution in [0.4, 0.5) is 0 Å². The Morgan fingerprint density at radius 3 is 1.93 bits per heavy atom. The monoisotopic (exact) mass is 286 g/mol. The molecule has 78 valence electrons. The number of benzene rings is 1. The Morgan fingerprint density at radius 2 is 1.57 bits per heavy atom. The van der Waals surface area contributed by atoms with Gasteiger partial charge in [0.05, 0.1) is 18.6 Å². The smallest absolute Gasteiger partial charge is 0.545 e. The molecule has 0 unspecified atom stereocenters. The number of hydrogen-bond acceptors (Lipinski definition) is 4. The Bertz CT molecular complexity index is 331. The van der Waals surface area contributed by atoms with Crippen molar-refractivity contribution in [3.63, 3.8) is 0 Å². The second-order valence-electron chi connectivity index (χ2n) is 2.36. The van der Waals surface area contributed by atoms with E-state index in [1.54, 1.807) is 0 Å². The molecule has 14 heavy (non-hydrogen) atoms. The van der Waals surface area contributed by atoms with Crippen molar-refractivity contribution in [1.29, 1.82) is 0 Å². The van der Waals surface area contributed by atoms with Crippen molar-refractivity contribution >= 4 is 11.9 Å². The number of hydrogen-bond donors (Lipinski definition) is 0. The maximum absolute atomic E-state index is 10.9. The van der Waals surface area contributed by atoms with Crippen molar-refractivity contribution in [2.24, 2.45) is 0 Å².